The van der Waals surface area contributed by atoms with Gasteiger partial charge >= 0.3 is 0 Å². The molecule has 0 spiro atoms. The van der Waals surface area contributed by atoms with Gasteiger partial charge in [-0.15, -0.1) is 0 Å². The van der Waals surface area contributed by atoms with Crippen molar-refractivity contribution < 1.29 is 4.74 Å². The van der Waals surface area contributed by atoms with Crippen molar-refractivity contribution >= 4 is 11.8 Å². The average Bonchev–Trinajstić information content (AvgIpc) is 2.73. The number of likely N-dealkylation sites (tertiary alicyclic amines) is 1. The maximum absolute atomic E-state index is 5.03. The molecule has 4 heteroatoms. The van der Waals surface area contributed by atoms with E-state index >= 15 is 0 Å². The van der Waals surface area contributed by atoms with Crippen LogP contribution in [0.4, 0.5) is 0 Å². The normalized spacial score (nSPS) is 21.8. The second kappa shape index (κ2) is 9.28. The van der Waals surface area contributed by atoms with E-state index in [1.165, 1.54) is 38.1 Å². The van der Waals surface area contributed by atoms with Crippen molar-refractivity contribution in [3.63, 3.8) is 0 Å². The van der Waals surface area contributed by atoms with E-state index in [0.717, 1.165) is 25.7 Å². The summed E-state index contributed by atoms with van der Waals surface area (Å²) in [5, 5.41) is 3.48. The molecule has 0 amide bonds. The van der Waals surface area contributed by atoms with Gasteiger partial charge in [0.2, 0.25) is 0 Å². The van der Waals surface area contributed by atoms with Crippen LogP contribution in [0, 0.1) is 0 Å². The highest BCUT2D eigenvalue weighted by atomic mass is 32.2. The Bertz CT molecular complexity index is 169. The summed E-state index contributed by atoms with van der Waals surface area (Å²) in [6.07, 6.45) is 6.25. The summed E-state index contributed by atoms with van der Waals surface area (Å²) in [7, 11) is 1.76. The van der Waals surface area contributed by atoms with Crippen LogP contribution < -0.4 is 5.32 Å². The average molecular weight is 246 g/mol. The van der Waals surface area contributed by atoms with Gasteiger partial charge in [0.25, 0.3) is 0 Å². The minimum absolute atomic E-state index is 0.763. The van der Waals surface area contributed by atoms with Gasteiger partial charge in [-0.1, -0.05) is 0 Å². The lowest BCUT2D eigenvalue weighted by Gasteiger charge is -2.24. The van der Waals surface area contributed by atoms with Crippen molar-refractivity contribution in [1.29, 1.82) is 0 Å². The van der Waals surface area contributed by atoms with Gasteiger partial charge in [0.15, 0.2) is 0 Å². The highest BCUT2D eigenvalue weighted by Crippen LogP contribution is 2.17. The van der Waals surface area contributed by atoms with E-state index < -0.39 is 0 Å². The SMILES string of the molecule is COCCNCC1CCCN1CCCSC. The second-order valence-corrected chi connectivity index (χ2v) is 5.36. The Morgan fingerprint density at radius 1 is 1.50 bits per heavy atom. The summed E-state index contributed by atoms with van der Waals surface area (Å²) in [5.74, 6) is 1.29. The predicted octanol–water partition coefficient (Wildman–Crippen LogP) is 1.44. The quantitative estimate of drug-likeness (QED) is 0.622. The molecular weight excluding hydrogens is 220 g/mol. The van der Waals surface area contributed by atoms with Crippen LogP contribution in [0.25, 0.3) is 0 Å². The van der Waals surface area contributed by atoms with Gasteiger partial charge in [-0.3, -0.25) is 4.90 Å². The highest BCUT2D eigenvalue weighted by Gasteiger charge is 2.22. The number of hydrogen-bond acceptors (Lipinski definition) is 4. The van der Waals surface area contributed by atoms with Gasteiger partial charge in [0, 0.05) is 26.2 Å². The molecule has 1 unspecified atom stereocenters. The van der Waals surface area contributed by atoms with E-state index in [1.807, 2.05) is 11.8 Å². The molecule has 3 nitrogen and oxygen atoms in total. The van der Waals surface area contributed by atoms with E-state index in [-0.39, 0.29) is 0 Å². The highest BCUT2D eigenvalue weighted by molar-refractivity contribution is 7.98. The standard InChI is InChI=1S/C12H26N2OS/c1-15-9-6-13-11-12-5-3-7-14(12)8-4-10-16-2/h12-13H,3-11H2,1-2H3. The molecule has 0 aromatic heterocycles. The van der Waals surface area contributed by atoms with Gasteiger partial charge in [0.05, 0.1) is 6.61 Å². The smallest absolute Gasteiger partial charge is 0.0587 e. The molecule has 0 aromatic rings. The van der Waals surface area contributed by atoms with Gasteiger partial charge in [-0.25, -0.2) is 0 Å². The monoisotopic (exact) mass is 246 g/mol. The molecule has 96 valence electrons. The molecule has 1 rings (SSSR count). The Morgan fingerprint density at radius 2 is 2.38 bits per heavy atom. The molecule has 0 aliphatic carbocycles. The van der Waals surface area contributed by atoms with E-state index in [4.69, 9.17) is 4.74 Å². The lowest BCUT2D eigenvalue weighted by molar-refractivity contribution is 0.192. The third-order valence-corrected chi connectivity index (χ3v) is 3.85. The summed E-state index contributed by atoms with van der Waals surface area (Å²) in [6, 6.07) is 0.763. The molecule has 0 saturated carbocycles. The van der Waals surface area contributed by atoms with Gasteiger partial charge in [-0.05, 0) is 44.4 Å². The fourth-order valence-corrected chi connectivity index (χ4v) is 2.69. The lowest BCUT2D eigenvalue weighted by Crippen LogP contribution is -2.39. The summed E-state index contributed by atoms with van der Waals surface area (Å²) in [4.78, 5) is 2.65. The maximum atomic E-state index is 5.03. The summed E-state index contributed by atoms with van der Waals surface area (Å²) in [6.45, 7) is 5.50. The van der Waals surface area contributed by atoms with Crippen LogP contribution in [0.15, 0.2) is 0 Å². The Morgan fingerprint density at radius 3 is 3.12 bits per heavy atom. The third-order valence-electron chi connectivity index (χ3n) is 3.16. The topological polar surface area (TPSA) is 24.5 Å². The maximum Gasteiger partial charge on any atom is 0.0587 e. The van der Waals surface area contributed by atoms with Crippen LogP contribution in [0.5, 0.6) is 0 Å². The van der Waals surface area contributed by atoms with E-state index in [9.17, 15) is 0 Å². The zero-order valence-electron chi connectivity index (χ0n) is 10.7. The molecule has 1 aliphatic heterocycles. The van der Waals surface area contributed by atoms with Crippen LogP contribution in [0.1, 0.15) is 19.3 Å². The number of nitrogens with zero attached hydrogens (tertiary/aromatic N) is 1. The summed E-state index contributed by atoms with van der Waals surface area (Å²) < 4.78 is 5.03. The first-order chi connectivity index (χ1) is 7.88. The molecule has 1 aliphatic rings. The van der Waals surface area contributed by atoms with Crippen LogP contribution in [0.3, 0.4) is 0 Å². The molecule has 1 atom stereocenters. The van der Waals surface area contributed by atoms with Crippen molar-refractivity contribution in [3.8, 4) is 0 Å². The minimum atomic E-state index is 0.763. The Hall–Kier alpha value is 0.230. The Labute approximate surface area is 104 Å². The van der Waals surface area contributed by atoms with E-state index in [0.29, 0.717) is 0 Å². The molecule has 1 saturated heterocycles. The van der Waals surface area contributed by atoms with Crippen molar-refractivity contribution in [2.75, 3.05) is 51.9 Å². The first kappa shape index (κ1) is 14.3. The first-order valence-corrected chi connectivity index (χ1v) is 7.70. The largest absolute Gasteiger partial charge is 0.383 e. The molecule has 0 bridgehead atoms. The molecule has 1 fully saturated rings. The summed E-state index contributed by atoms with van der Waals surface area (Å²) >= 11 is 1.95. The third kappa shape index (κ3) is 5.53. The fourth-order valence-electron chi connectivity index (χ4n) is 2.28. The molecule has 16 heavy (non-hydrogen) atoms. The van der Waals surface area contributed by atoms with Gasteiger partial charge in [-0.2, -0.15) is 11.8 Å². The molecule has 1 N–H and O–H groups in total. The molecule has 1 heterocycles. The summed E-state index contributed by atoms with van der Waals surface area (Å²) in [5.41, 5.74) is 0. The van der Waals surface area contributed by atoms with Crippen LogP contribution >= 0.6 is 11.8 Å². The first-order valence-electron chi connectivity index (χ1n) is 6.31. The number of thioether (sulfide) groups is 1. The van der Waals surface area contributed by atoms with Crippen LogP contribution in [-0.2, 0) is 4.74 Å². The number of nitrogens with one attached hydrogen (secondary N) is 1. The Balaban J connectivity index is 2.08. The zero-order valence-corrected chi connectivity index (χ0v) is 11.5. The van der Waals surface area contributed by atoms with E-state index in [2.05, 4.69) is 16.5 Å². The number of hydrogen-bond donors (Lipinski definition) is 1. The van der Waals surface area contributed by atoms with Crippen molar-refractivity contribution in [1.82, 2.24) is 10.2 Å². The van der Waals surface area contributed by atoms with Crippen LogP contribution in [0.2, 0.25) is 0 Å². The predicted molar refractivity (Wildman–Crippen MR) is 72.3 cm³/mol. The number of rotatable bonds is 9. The zero-order chi connectivity index (χ0) is 11.6. The van der Waals surface area contributed by atoms with E-state index in [1.54, 1.807) is 7.11 Å². The molecule has 0 aromatic carbocycles. The van der Waals surface area contributed by atoms with Gasteiger partial charge in [0.1, 0.15) is 0 Å². The molecule has 0 radical (unpaired) electrons. The second-order valence-electron chi connectivity index (χ2n) is 4.38. The van der Waals surface area contributed by atoms with Crippen molar-refractivity contribution in [2.24, 2.45) is 0 Å². The fraction of sp³-hybridized carbons (Fsp3) is 1.00. The van der Waals surface area contributed by atoms with Crippen molar-refractivity contribution in [3.05, 3.63) is 0 Å². The number of methoxy groups -OCH3 is 1. The minimum Gasteiger partial charge on any atom is -0.383 e. The van der Waals surface area contributed by atoms with Gasteiger partial charge < -0.3 is 10.1 Å². The number of ether oxygens (including phenoxy) is 1. The van der Waals surface area contributed by atoms with Crippen LogP contribution in [-0.4, -0.2) is 62.8 Å². The lowest BCUT2D eigenvalue weighted by atomic mass is 10.2. The molecular formula is C12H26N2OS. The Kier molecular flexibility index (Phi) is 8.29. The van der Waals surface area contributed by atoms with Crippen molar-refractivity contribution in [2.45, 2.75) is 25.3 Å².